The Labute approximate surface area is 165 Å². The van der Waals surface area contributed by atoms with Gasteiger partial charge in [-0.25, -0.2) is 0 Å². The largest absolute Gasteiger partial charge is 0.319 e. The van der Waals surface area contributed by atoms with E-state index in [1.165, 1.54) is 11.1 Å². The number of aryl methyl sites for hydroxylation is 3. The molecule has 6 nitrogen and oxygen atoms in total. The highest BCUT2D eigenvalue weighted by Crippen LogP contribution is 2.21. The Kier molecular flexibility index (Phi) is 5.78. The second-order valence-electron chi connectivity index (χ2n) is 6.95. The summed E-state index contributed by atoms with van der Waals surface area (Å²) in [5.41, 5.74) is 6.95. The number of amides is 1. The average Bonchev–Trinajstić information content (AvgIpc) is 3.16. The third kappa shape index (κ3) is 4.06. The summed E-state index contributed by atoms with van der Waals surface area (Å²) in [5.74, 6) is -0.176. The number of carbonyl (C=O) groups excluding carboxylic acids is 1. The molecule has 1 aromatic carbocycles. The van der Waals surface area contributed by atoms with Crippen molar-refractivity contribution in [1.29, 1.82) is 0 Å². The highest BCUT2D eigenvalue weighted by Gasteiger charge is 2.14. The number of anilines is 1. The summed E-state index contributed by atoms with van der Waals surface area (Å²) in [5, 5.41) is 11.9. The van der Waals surface area contributed by atoms with Gasteiger partial charge in [-0.05, 0) is 51.8 Å². The molecule has 0 fully saturated rings. The summed E-state index contributed by atoms with van der Waals surface area (Å²) in [6, 6.07) is 8.26. The zero-order valence-corrected chi connectivity index (χ0v) is 17.2. The number of carbonyl (C=O) groups is 1. The third-order valence-electron chi connectivity index (χ3n) is 5.07. The zero-order chi connectivity index (χ0) is 20.3. The van der Waals surface area contributed by atoms with Gasteiger partial charge in [-0.3, -0.25) is 14.2 Å². The van der Waals surface area contributed by atoms with E-state index in [2.05, 4.69) is 34.6 Å². The van der Waals surface area contributed by atoms with E-state index in [0.29, 0.717) is 6.54 Å². The first-order valence-electron chi connectivity index (χ1n) is 9.50. The number of benzene rings is 1. The Hall–Kier alpha value is -3.15. The molecule has 0 unspecified atom stereocenters. The van der Waals surface area contributed by atoms with E-state index in [4.69, 9.17) is 0 Å². The average molecular weight is 377 g/mol. The molecule has 2 aromatic heterocycles. The molecule has 2 heterocycles. The van der Waals surface area contributed by atoms with Gasteiger partial charge in [-0.15, -0.1) is 0 Å². The van der Waals surface area contributed by atoms with Crippen LogP contribution in [-0.2, 0) is 17.9 Å². The van der Waals surface area contributed by atoms with Gasteiger partial charge < -0.3 is 5.32 Å². The van der Waals surface area contributed by atoms with Crippen LogP contribution in [0.15, 0.2) is 36.5 Å². The van der Waals surface area contributed by atoms with Crippen LogP contribution in [0.5, 0.6) is 0 Å². The number of rotatable bonds is 6. The summed E-state index contributed by atoms with van der Waals surface area (Å²) in [6.07, 6.45) is 5.12. The second kappa shape index (κ2) is 8.25. The van der Waals surface area contributed by atoms with Crippen molar-refractivity contribution in [1.82, 2.24) is 19.6 Å². The van der Waals surface area contributed by atoms with Gasteiger partial charge in [0.05, 0.1) is 29.8 Å². The fourth-order valence-electron chi connectivity index (χ4n) is 3.25. The van der Waals surface area contributed by atoms with Crippen LogP contribution in [0, 0.1) is 27.7 Å². The smallest absolute Gasteiger partial charge is 0.248 e. The van der Waals surface area contributed by atoms with Crippen molar-refractivity contribution in [2.24, 2.45) is 0 Å². The Bertz CT molecular complexity index is 1030. The molecule has 0 aliphatic carbocycles. The standard InChI is InChI=1S/C22H27N5O/c1-6-26-17(4)19(13-23-26)11-12-21(28)24-22-16(3)25-27(18(22)5)14-20-10-8-7-9-15(20)2/h7-13H,6,14H2,1-5H3,(H,24,28). The molecule has 0 atom stereocenters. The quantitative estimate of drug-likeness (QED) is 0.660. The molecule has 28 heavy (non-hydrogen) atoms. The van der Waals surface area contributed by atoms with Crippen LogP contribution in [0.1, 0.15) is 40.7 Å². The van der Waals surface area contributed by atoms with E-state index in [0.717, 1.165) is 34.9 Å². The molecule has 1 N–H and O–H groups in total. The van der Waals surface area contributed by atoms with E-state index in [-0.39, 0.29) is 5.91 Å². The highest BCUT2D eigenvalue weighted by atomic mass is 16.1. The van der Waals surface area contributed by atoms with E-state index in [1.54, 1.807) is 18.3 Å². The molecule has 146 valence electrons. The summed E-state index contributed by atoms with van der Waals surface area (Å²) in [4.78, 5) is 12.4. The minimum Gasteiger partial charge on any atom is -0.319 e. The van der Waals surface area contributed by atoms with Gasteiger partial charge in [0.1, 0.15) is 0 Å². The summed E-state index contributed by atoms with van der Waals surface area (Å²) in [7, 11) is 0. The number of nitrogens with one attached hydrogen (secondary N) is 1. The summed E-state index contributed by atoms with van der Waals surface area (Å²) >= 11 is 0. The van der Waals surface area contributed by atoms with Crippen LogP contribution in [0.3, 0.4) is 0 Å². The fourth-order valence-corrected chi connectivity index (χ4v) is 3.25. The number of hydrogen-bond acceptors (Lipinski definition) is 3. The maximum Gasteiger partial charge on any atom is 0.248 e. The van der Waals surface area contributed by atoms with Crippen LogP contribution in [-0.4, -0.2) is 25.5 Å². The Morgan fingerprint density at radius 1 is 1.11 bits per heavy atom. The molecule has 0 saturated carbocycles. The molecule has 3 aromatic rings. The highest BCUT2D eigenvalue weighted by molar-refractivity contribution is 6.02. The van der Waals surface area contributed by atoms with Crippen molar-refractivity contribution in [3.8, 4) is 0 Å². The lowest BCUT2D eigenvalue weighted by atomic mass is 10.1. The zero-order valence-electron chi connectivity index (χ0n) is 17.2. The van der Waals surface area contributed by atoms with Crippen LogP contribution >= 0.6 is 0 Å². The molecule has 1 amide bonds. The lowest BCUT2D eigenvalue weighted by molar-refractivity contribution is -0.111. The molecular weight excluding hydrogens is 350 g/mol. The molecule has 0 aliphatic heterocycles. The third-order valence-corrected chi connectivity index (χ3v) is 5.07. The summed E-state index contributed by atoms with van der Waals surface area (Å²) in [6.45, 7) is 11.5. The van der Waals surface area contributed by atoms with Crippen molar-refractivity contribution >= 4 is 17.7 Å². The normalized spacial score (nSPS) is 11.3. The molecule has 3 rings (SSSR count). The molecule has 0 spiro atoms. The monoisotopic (exact) mass is 377 g/mol. The van der Waals surface area contributed by atoms with E-state index < -0.39 is 0 Å². The maximum atomic E-state index is 12.4. The first-order valence-corrected chi connectivity index (χ1v) is 9.50. The predicted molar refractivity (Wildman–Crippen MR) is 112 cm³/mol. The van der Waals surface area contributed by atoms with Crippen molar-refractivity contribution in [3.05, 3.63) is 70.3 Å². The lowest BCUT2D eigenvalue weighted by Crippen LogP contribution is -2.10. The number of nitrogens with zero attached hydrogens (tertiary/aromatic N) is 4. The van der Waals surface area contributed by atoms with Gasteiger partial charge in [-0.2, -0.15) is 10.2 Å². The van der Waals surface area contributed by atoms with E-state index in [9.17, 15) is 4.79 Å². The van der Waals surface area contributed by atoms with Gasteiger partial charge in [-0.1, -0.05) is 24.3 Å². The van der Waals surface area contributed by atoms with Crippen molar-refractivity contribution < 1.29 is 4.79 Å². The first kappa shape index (κ1) is 19.6. The van der Waals surface area contributed by atoms with Crippen molar-refractivity contribution in [3.63, 3.8) is 0 Å². The van der Waals surface area contributed by atoms with Gasteiger partial charge >= 0.3 is 0 Å². The van der Waals surface area contributed by atoms with Crippen LogP contribution in [0.4, 0.5) is 5.69 Å². The first-order chi connectivity index (χ1) is 13.4. The topological polar surface area (TPSA) is 64.7 Å². The number of hydrogen-bond donors (Lipinski definition) is 1. The van der Waals surface area contributed by atoms with Gasteiger partial charge in [0, 0.05) is 23.9 Å². The van der Waals surface area contributed by atoms with Crippen molar-refractivity contribution in [2.75, 3.05) is 5.32 Å². The Morgan fingerprint density at radius 2 is 1.86 bits per heavy atom. The lowest BCUT2D eigenvalue weighted by Gasteiger charge is -2.08. The number of aromatic nitrogens is 4. The maximum absolute atomic E-state index is 12.4. The predicted octanol–water partition coefficient (Wildman–Crippen LogP) is 4.03. The Balaban J connectivity index is 1.74. The van der Waals surface area contributed by atoms with Gasteiger partial charge in [0.15, 0.2) is 0 Å². The molecule has 0 bridgehead atoms. The molecular formula is C22H27N5O. The van der Waals surface area contributed by atoms with E-state index >= 15 is 0 Å². The SMILES string of the molecule is CCn1ncc(C=CC(=O)Nc2c(C)nn(Cc3ccccc3C)c2C)c1C. The van der Waals surface area contributed by atoms with Crippen molar-refractivity contribution in [2.45, 2.75) is 47.7 Å². The molecule has 6 heteroatoms. The van der Waals surface area contributed by atoms with Gasteiger partial charge in [0.25, 0.3) is 0 Å². The van der Waals surface area contributed by atoms with E-state index in [1.807, 2.05) is 49.2 Å². The van der Waals surface area contributed by atoms with Gasteiger partial charge in [0.2, 0.25) is 5.91 Å². The minimum absolute atomic E-state index is 0.176. The minimum atomic E-state index is -0.176. The fraction of sp³-hybridized carbons (Fsp3) is 0.318. The second-order valence-corrected chi connectivity index (χ2v) is 6.95. The van der Waals surface area contributed by atoms with Crippen LogP contribution < -0.4 is 5.32 Å². The molecule has 0 saturated heterocycles. The van der Waals surface area contributed by atoms with Crippen LogP contribution in [0.2, 0.25) is 0 Å². The molecule has 0 aliphatic rings. The van der Waals surface area contributed by atoms with Crippen LogP contribution in [0.25, 0.3) is 6.08 Å². The molecule has 0 radical (unpaired) electrons. The Morgan fingerprint density at radius 3 is 2.54 bits per heavy atom. The summed E-state index contributed by atoms with van der Waals surface area (Å²) < 4.78 is 3.84.